The number of halogens is 6. The molecule has 11 heteroatoms. The Hall–Kier alpha value is -2.46. The molecule has 0 spiro atoms. The van der Waals surface area contributed by atoms with Gasteiger partial charge in [0.15, 0.2) is 28.4 Å². The molecular weight excluding hydrogens is 437 g/mol. The predicted molar refractivity (Wildman–Crippen MR) is 102 cm³/mol. The number of benzene rings is 2. The number of amides is 1. The van der Waals surface area contributed by atoms with Gasteiger partial charge < -0.3 is 9.80 Å². The van der Waals surface area contributed by atoms with Crippen LogP contribution in [0.2, 0.25) is 5.02 Å². The van der Waals surface area contributed by atoms with Crippen LogP contribution in [0.5, 0.6) is 0 Å². The molecule has 0 atom stereocenters. The van der Waals surface area contributed by atoms with Crippen molar-refractivity contribution in [3.05, 3.63) is 63.9 Å². The average Bonchev–Trinajstić information content (AvgIpc) is 2.71. The summed E-state index contributed by atoms with van der Waals surface area (Å²) >= 11 is 10.4. The van der Waals surface area contributed by atoms with Gasteiger partial charge in [-0.1, -0.05) is 17.7 Å². The fourth-order valence-corrected chi connectivity index (χ4v) is 3.32. The number of rotatable bonds is 2. The van der Waals surface area contributed by atoms with Crippen LogP contribution < -0.4 is 10.2 Å². The van der Waals surface area contributed by atoms with Crippen molar-refractivity contribution in [2.75, 3.05) is 31.1 Å². The van der Waals surface area contributed by atoms with Gasteiger partial charge in [-0.15, -0.1) is 0 Å². The van der Waals surface area contributed by atoms with E-state index in [1.54, 1.807) is 4.90 Å². The van der Waals surface area contributed by atoms with E-state index in [9.17, 15) is 26.7 Å². The molecule has 1 saturated heterocycles. The van der Waals surface area contributed by atoms with Crippen molar-refractivity contribution in [1.29, 1.82) is 0 Å². The Labute approximate surface area is 172 Å². The van der Waals surface area contributed by atoms with Crippen LogP contribution in [0.4, 0.5) is 27.6 Å². The van der Waals surface area contributed by atoms with Crippen molar-refractivity contribution in [3.63, 3.8) is 0 Å². The van der Waals surface area contributed by atoms with E-state index >= 15 is 0 Å². The van der Waals surface area contributed by atoms with E-state index in [2.05, 4.69) is 5.32 Å². The molecule has 2 aromatic rings. The molecule has 3 rings (SSSR count). The van der Waals surface area contributed by atoms with E-state index in [0.29, 0.717) is 0 Å². The molecule has 0 bridgehead atoms. The second-order valence-electron chi connectivity index (χ2n) is 6.16. The summed E-state index contributed by atoms with van der Waals surface area (Å²) in [6.07, 6.45) is 0. The highest BCUT2D eigenvalue weighted by atomic mass is 35.5. The van der Waals surface area contributed by atoms with Gasteiger partial charge in [-0.2, -0.15) is 0 Å². The highest BCUT2D eigenvalue weighted by molar-refractivity contribution is 7.80. The summed E-state index contributed by atoms with van der Waals surface area (Å²) in [6.45, 7) is 0.189. The standard InChI is InChI=1S/C18H13ClF5N3OS/c19-11-12(21)14(23)16(15(24)13(11)22)26-4-6-27(7-5-26)18(29)25-17(28)9-2-1-3-10(20)8-9/h1-3,8H,4-7H2,(H,25,28,29). The molecule has 1 heterocycles. The minimum absolute atomic E-state index is 0.0235. The molecular formula is C18H13ClF5N3OS. The first-order valence-corrected chi connectivity index (χ1v) is 9.11. The normalized spacial score (nSPS) is 14.1. The molecule has 0 aromatic heterocycles. The number of thiocarbonyl (C=S) groups is 1. The number of piperazine rings is 1. The first kappa shape index (κ1) is 21.3. The molecule has 1 aliphatic heterocycles. The third-order valence-corrected chi connectivity index (χ3v) is 5.07. The van der Waals surface area contributed by atoms with Gasteiger partial charge >= 0.3 is 0 Å². The topological polar surface area (TPSA) is 35.6 Å². The van der Waals surface area contributed by atoms with Crippen LogP contribution in [-0.4, -0.2) is 42.1 Å². The zero-order chi connectivity index (χ0) is 21.3. The quantitative estimate of drug-likeness (QED) is 0.327. The maximum atomic E-state index is 14.1. The van der Waals surface area contributed by atoms with Crippen LogP contribution in [0.3, 0.4) is 0 Å². The number of nitrogens with one attached hydrogen (secondary N) is 1. The van der Waals surface area contributed by atoms with Gasteiger partial charge in [0.2, 0.25) is 0 Å². The number of carbonyl (C=O) groups is 1. The second-order valence-corrected chi connectivity index (χ2v) is 6.93. The summed E-state index contributed by atoms with van der Waals surface area (Å²) in [7, 11) is 0. The number of hydrogen-bond acceptors (Lipinski definition) is 3. The fraction of sp³-hybridized carbons (Fsp3) is 0.222. The molecule has 0 saturated carbocycles. The number of nitrogens with zero attached hydrogens (tertiary/aromatic N) is 2. The van der Waals surface area contributed by atoms with Crippen LogP contribution in [-0.2, 0) is 0 Å². The van der Waals surface area contributed by atoms with Crippen molar-refractivity contribution in [1.82, 2.24) is 10.2 Å². The molecule has 1 amide bonds. The fourth-order valence-electron chi connectivity index (χ4n) is 2.88. The van der Waals surface area contributed by atoms with E-state index in [4.69, 9.17) is 23.8 Å². The van der Waals surface area contributed by atoms with Gasteiger partial charge in [-0.3, -0.25) is 10.1 Å². The van der Waals surface area contributed by atoms with E-state index in [-0.39, 0.29) is 36.9 Å². The molecule has 29 heavy (non-hydrogen) atoms. The smallest absolute Gasteiger partial charge is 0.257 e. The molecule has 4 nitrogen and oxygen atoms in total. The van der Waals surface area contributed by atoms with Crippen LogP contribution in [0.15, 0.2) is 24.3 Å². The van der Waals surface area contributed by atoms with E-state index in [1.807, 2.05) is 0 Å². The Balaban J connectivity index is 1.67. The summed E-state index contributed by atoms with van der Waals surface area (Å²) in [6, 6.07) is 5.02. The van der Waals surface area contributed by atoms with Crippen molar-refractivity contribution >= 4 is 40.5 Å². The monoisotopic (exact) mass is 449 g/mol. The van der Waals surface area contributed by atoms with E-state index < -0.39 is 45.7 Å². The van der Waals surface area contributed by atoms with E-state index in [1.165, 1.54) is 18.2 Å². The maximum absolute atomic E-state index is 14.1. The van der Waals surface area contributed by atoms with Gasteiger partial charge in [0.1, 0.15) is 16.5 Å². The Bertz CT molecular complexity index is 953. The van der Waals surface area contributed by atoms with Crippen molar-refractivity contribution in [2.45, 2.75) is 0 Å². The highest BCUT2D eigenvalue weighted by Gasteiger charge is 2.30. The lowest BCUT2D eigenvalue weighted by atomic mass is 10.2. The molecule has 0 aliphatic carbocycles. The molecule has 0 radical (unpaired) electrons. The van der Waals surface area contributed by atoms with Crippen LogP contribution in [0.25, 0.3) is 0 Å². The SMILES string of the molecule is O=C(NC(=S)N1CCN(c2c(F)c(F)c(Cl)c(F)c2F)CC1)c1cccc(F)c1. The number of anilines is 1. The second kappa shape index (κ2) is 8.50. The van der Waals surface area contributed by atoms with Gasteiger partial charge in [-0.25, -0.2) is 22.0 Å². The van der Waals surface area contributed by atoms with Crippen molar-refractivity contribution in [2.24, 2.45) is 0 Å². The van der Waals surface area contributed by atoms with E-state index in [0.717, 1.165) is 11.0 Å². The Morgan fingerprint density at radius 3 is 2.10 bits per heavy atom. The van der Waals surface area contributed by atoms with Gasteiger partial charge in [0.05, 0.1) is 0 Å². The summed E-state index contributed by atoms with van der Waals surface area (Å²) < 4.78 is 68.8. The predicted octanol–water partition coefficient (Wildman–Crippen LogP) is 3.87. The Morgan fingerprint density at radius 1 is 0.966 bits per heavy atom. The molecule has 2 aromatic carbocycles. The van der Waals surface area contributed by atoms with Crippen LogP contribution in [0, 0.1) is 29.1 Å². The average molecular weight is 450 g/mol. The Kier molecular flexibility index (Phi) is 6.23. The van der Waals surface area contributed by atoms with Crippen LogP contribution >= 0.6 is 23.8 Å². The van der Waals surface area contributed by atoms with Crippen molar-refractivity contribution in [3.8, 4) is 0 Å². The van der Waals surface area contributed by atoms with Crippen molar-refractivity contribution < 1.29 is 26.7 Å². The van der Waals surface area contributed by atoms with Gasteiger partial charge in [-0.05, 0) is 30.4 Å². The summed E-state index contributed by atoms with van der Waals surface area (Å²) in [5.41, 5.74) is -0.777. The first-order valence-electron chi connectivity index (χ1n) is 8.33. The third-order valence-electron chi connectivity index (χ3n) is 4.38. The lowest BCUT2D eigenvalue weighted by molar-refractivity contribution is 0.0972. The molecule has 1 N–H and O–H groups in total. The Morgan fingerprint density at radius 2 is 1.55 bits per heavy atom. The van der Waals surface area contributed by atoms with Gasteiger partial charge in [0, 0.05) is 31.7 Å². The largest absolute Gasteiger partial charge is 0.363 e. The summed E-state index contributed by atoms with van der Waals surface area (Å²) in [5, 5.41) is 1.23. The number of carbonyl (C=O) groups excluding carboxylic acids is 1. The zero-order valence-electron chi connectivity index (χ0n) is 14.6. The summed E-state index contributed by atoms with van der Waals surface area (Å²) in [5.74, 6) is -7.69. The summed E-state index contributed by atoms with van der Waals surface area (Å²) in [4.78, 5) is 14.8. The van der Waals surface area contributed by atoms with Gasteiger partial charge in [0.25, 0.3) is 5.91 Å². The minimum Gasteiger partial charge on any atom is -0.363 e. The molecule has 1 fully saturated rings. The molecule has 154 valence electrons. The minimum atomic E-state index is -1.67. The first-order chi connectivity index (χ1) is 13.7. The number of hydrogen-bond donors (Lipinski definition) is 1. The lowest BCUT2D eigenvalue weighted by Gasteiger charge is -2.37. The maximum Gasteiger partial charge on any atom is 0.257 e. The zero-order valence-corrected chi connectivity index (χ0v) is 16.2. The highest BCUT2D eigenvalue weighted by Crippen LogP contribution is 2.33. The van der Waals surface area contributed by atoms with Crippen LogP contribution in [0.1, 0.15) is 10.4 Å². The third kappa shape index (κ3) is 4.27. The molecule has 0 unspecified atom stereocenters. The lowest BCUT2D eigenvalue weighted by Crippen LogP contribution is -2.53. The molecule has 1 aliphatic rings.